The smallest absolute Gasteiger partial charge is 0.215 e. The quantitative estimate of drug-likeness (QED) is 0.336. The molecule has 3 aromatic heterocycles. The Labute approximate surface area is 172 Å². The lowest BCUT2D eigenvalue weighted by Crippen LogP contribution is -1.98. The minimum Gasteiger partial charge on any atom is -0.311 e. The van der Waals surface area contributed by atoms with Gasteiger partial charge in [0, 0.05) is 17.8 Å². The first-order chi connectivity index (χ1) is 14.8. The lowest BCUT2D eigenvalue weighted by atomic mass is 10.2. The minimum absolute atomic E-state index is 0.958. The van der Waals surface area contributed by atoms with Gasteiger partial charge >= 0.3 is 0 Å². The fraction of sp³-hybridized carbons (Fsp3) is 0.0385. The Bertz CT molecular complexity index is 1710. The van der Waals surface area contributed by atoms with Crippen LogP contribution >= 0.6 is 0 Å². The first-order valence-corrected chi connectivity index (χ1v) is 10.2. The zero-order valence-corrected chi connectivity index (χ0v) is 16.4. The number of nitrogens with zero attached hydrogens (tertiary/aromatic N) is 4. The molecule has 4 aromatic carbocycles. The van der Waals surface area contributed by atoms with Gasteiger partial charge < -0.3 is 9.13 Å². The van der Waals surface area contributed by atoms with Crippen LogP contribution in [0.5, 0.6) is 0 Å². The van der Waals surface area contributed by atoms with Gasteiger partial charge in [0.15, 0.2) is 0 Å². The standard InChI is InChI=1S/C26H18N4/c1-28-25-23(29-20-12-5-2-9-17(20)18-10-3-6-13-21(18)29)15-8-16-24(25)30-22-14-7-4-11-19(22)27-26(28)30/h2-16H,1H3. The number of aromatic nitrogens is 4. The van der Waals surface area contributed by atoms with Crippen LogP contribution in [0.15, 0.2) is 91.0 Å². The number of aryl methyl sites for hydroxylation is 1. The molecule has 0 N–H and O–H groups in total. The van der Waals surface area contributed by atoms with Crippen molar-refractivity contribution in [1.82, 2.24) is 18.5 Å². The minimum atomic E-state index is 0.958. The van der Waals surface area contributed by atoms with E-state index in [2.05, 4.69) is 106 Å². The van der Waals surface area contributed by atoms with Gasteiger partial charge in [-0.05, 0) is 36.4 Å². The van der Waals surface area contributed by atoms with Gasteiger partial charge in [-0.25, -0.2) is 4.98 Å². The van der Waals surface area contributed by atoms with Gasteiger partial charge in [-0.1, -0.05) is 54.6 Å². The molecule has 30 heavy (non-hydrogen) atoms. The predicted octanol–water partition coefficient (Wildman–Crippen LogP) is 6.08. The number of fused-ring (bicyclic) bond motifs is 8. The van der Waals surface area contributed by atoms with E-state index in [0.29, 0.717) is 0 Å². The summed E-state index contributed by atoms with van der Waals surface area (Å²) in [7, 11) is 2.11. The van der Waals surface area contributed by atoms with Gasteiger partial charge in [-0.15, -0.1) is 0 Å². The highest BCUT2D eigenvalue weighted by atomic mass is 15.2. The first-order valence-electron chi connectivity index (χ1n) is 10.2. The van der Waals surface area contributed by atoms with Crippen LogP contribution in [0.3, 0.4) is 0 Å². The second-order valence-corrected chi connectivity index (χ2v) is 7.81. The van der Waals surface area contributed by atoms with Crippen LogP contribution in [0.4, 0.5) is 0 Å². The molecule has 0 bridgehead atoms. The van der Waals surface area contributed by atoms with Crippen LogP contribution in [0.1, 0.15) is 0 Å². The summed E-state index contributed by atoms with van der Waals surface area (Å²) in [6.45, 7) is 0. The molecule has 0 atom stereocenters. The van der Waals surface area contributed by atoms with Crippen LogP contribution < -0.4 is 0 Å². The number of hydrogen-bond donors (Lipinski definition) is 0. The molecule has 7 aromatic rings. The van der Waals surface area contributed by atoms with Crippen molar-refractivity contribution < 1.29 is 0 Å². The molecule has 0 aliphatic heterocycles. The molecule has 0 fully saturated rings. The maximum Gasteiger partial charge on any atom is 0.215 e. The van der Waals surface area contributed by atoms with Crippen molar-refractivity contribution in [1.29, 1.82) is 0 Å². The molecule has 4 nitrogen and oxygen atoms in total. The molecule has 0 aliphatic rings. The largest absolute Gasteiger partial charge is 0.311 e. The Morgan fingerprint density at radius 1 is 0.600 bits per heavy atom. The normalized spacial score (nSPS) is 12.2. The molecule has 0 aliphatic carbocycles. The molecule has 0 radical (unpaired) electrons. The van der Waals surface area contributed by atoms with E-state index in [-0.39, 0.29) is 0 Å². The molecule has 0 spiro atoms. The van der Waals surface area contributed by atoms with E-state index < -0.39 is 0 Å². The molecule has 142 valence electrons. The Balaban J connectivity index is 1.71. The zero-order chi connectivity index (χ0) is 19.8. The second-order valence-electron chi connectivity index (χ2n) is 7.81. The first kappa shape index (κ1) is 15.8. The van der Waals surface area contributed by atoms with Gasteiger partial charge in [-0.3, -0.25) is 4.40 Å². The molecule has 3 heterocycles. The maximum absolute atomic E-state index is 4.92. The average molecular weight is 386 g/mol. The van der Waals surface area contributed by atoms with Gasteiger partial charge in [0.2, 0.25) is 5.78 Å². The summed E-state index contributed by atoms with van der Waals surface area (Å²) >= 11 is 0. The van der Waals surface area contributed by atoms with Gasteiger partial charge in [0.1, 0.15) is 0 Å². The third kappa shape index (κ3) is 1.83. The summed E-state index contributed by atoms with van der Waals surface area (Å²) in [5.74, 6) is 0.958. The highest BCUT2D eigenvalue weighted by molar-refractivity contribution is 6.10. The number of imidazole rings is 2. The fourth-order valence-electron chi connectivity index (χ4n) is 4.98. The Morgan fingerprint density at radius 3 is 1.93 bits per heavy atom. The van der Waals surface area contributed by atoms with E-state index in [9.17, 15) is 0 Å². The average Bonchev–Trinajstić information content (AvgIpc) is 3.42. The van der Waals surface area contributed by atoms with E-state index in [4.69, 9.17) is 4.98 Å². The summed E-state index contributed by atoms with van der Waals surface area (Å²) < 4.78 is 6.87. The summed E-state index contributed by atoms with van der Waals surface area (Å²) in [5, 5.41) is 2.55. The molecule has 0 amide bonds. The van der Waals surface area contributed by atoms with Gasteiger partial charge in [0.05, 0.1) is 38.8 Å². The second kappa shape index (κ2) is 5.51. The number of rotatable bonds is 1. The van der Waals surface area contributed by atoms with Crippen molar-refractivity contribution in [3.05, 3.63) is 91.0 Å². The molecule has 7 rings (SSSR count). The SMILES string of the molecule is Cn1c2c(-n3c4ccccc4c4ccccc43)cccc2n2c3ccccc3nc12. The van der Waals surface area contributed by atoms with E-state index in [1.807, 2.05) is 6.07 Å². The van der Waals surface area contributed by atoms with Crippen molar-refractivity contribution in [3.63, 3.8) is 0 Å². The Morgan fingerprint density at radius 2 is 1.20 bits per heavy atom. The van der Waals surface area contributed by atoms with Gasteiger partial charge in [-0.2, -0.15) is 0 Å². The van der Waals surface area contributed by atoms with E-state index in [0.717, 1.165) is 16.8 Å². The van der Waals surface area contributed by atoms with E-state index in [1.165, 1.54) is 38.5 Å². The monoisotopic (exact) mass is 386 g/mol. The van der Waals surface area contributed by atoms with Crippen molar-refractivity contribution >= 4 is 49.7 Å². The maximum atomic E-state index is 4.92. The predicted molar refractivity (Wildman–Crippen MR) is 124 cm³/mol. The third-order valence-electron chi connectivity index (χ3n) is 6.23. The Hall–Kier alpha value is -4.05. The Kier molecular flexibility index (Phi) is 2.91. The van der Waals surface area contributed by atoms with Crippen LogP contribution in [0, 0.1) is 0 Å². The van der Waals surface area contributed by atoms with Crippen LogP contribution in [-0.2, 0) is 7.05 Å². The third-order valence-corrected chi connectivity index (χ3v) is 6.23. The molecule has 4 heteroatoms. The zero-order valence-electron chi connectivity index (χ0n) is 16.4. The van der Waals surface area contributed by atoms with Crippen molar-refractivity contribution in [3.8, 4) is 5.69 Å². The summed E-state index contributed by atoms with van der Waals surface area (Å²) in [6, 6.07) is 32.2. The molecule has 0 unspecified atom stereocenters. The molecule has 0 saturated heterocycles. The number of para-hydroxylation sites is 5. The van der Waals surface area contributed by atoms with Crippen molar-refractivity contribution in [2.75, 3.05) is 0 Å². The topological polar surface area (TPSA) is 27.2 Å². The van der Waals surface area contributed by atoms with Crippen molar-refractivity contribution in [2.45, 2.75) is 0 Å². The number of benzene rings is 4. The van der Waals surface area contributed by atoms with Crippen LogP contribution in [0.25, 0.3) is 55.3 Å². The summed E-state index contributed by atoms with van der Waals surface area (Å²) in [6.07, 6.45) is 0. The lowest BCUT2D eigenvalue weighted by molar-refractivity contribution is 0.966. The van der Waals surface area contributed by atoms with Crippen molar-refractivity contribution in [2.24, 2.45) is 7.05 Å². The molecular weight excluding hydrogens is 368 g/mol. The molecule has 0 saturated carbocycles. The summed E-state index contributed by atoms with van der Waals surface area (Å²) in [5.41, 5.74) is 8.11. The van der Waals surface area contributed by atoms with E-state index >= 15 is 0 Å². The highest BCUT2D eigenvalue weighted by Gasteiger charge is 2.19. The van der Waals surface area contributed by atoms with E-state index in [1.54, 1.807) is 0 Å². The molecular formula is C26H18N4. The van der Waals surface area contributed by atoms with Crippen LogP contribution in [-0.4, -0.2) is 18.5 Å². The highest BCUT2D eigenvalue weighted by Crippen LogP contribution is 2.36. The fourth-order valence-corrected chi connectivity index (χ4v) is 4.98. The van der Waals surface area contributed by atoms with Gasteiger partial charge in [0.25, 0.3) is 0 Å². The number of hydrogen-bond acceptors (Lipinski definition) is 1. The summed E-state index contributed by atoms with van der Waals surface area (Å²) in [4.78, 5) is 4.92. The lowest BCUT2D eigenvalue weighted by Gasteiger charge is -2.11. The van der Waals surface area contributed by atoms with Crippen LogP contribution in [0.2, 0.25) is 0 Å².